The highest BCUT2D eigenvalue weighted by Gasteiger charge is 2.21. The second kappa shape index (κ2) is 6.00. The van der Waals surface area contributed by atoms with E-state index in [1.165, 1.54) is 17.6 Å². The smallest absolute Gasteiger partial charge is 0.203 e. The van der Waals surface area contributed by atoms with Crippen LogP contribution in [0.3, 0.4) is 0 Å². The lowest BCUT2D eigenvalue weighted by Crippen LogP contribution is -2.05. The maximum Gasteiger partial charge on any atom is 0.203 e. The van der Waals surface area contributed by atoms with E-state index in [4.69, 9.17) is 14.2 Å². The number of aryl methyl sites for hydroxylation is 1. The molecule has 0 bridgehead atoms. The van der Waals surface area contributed by atoms with E-state index in [-0.39, 0.29) is 0 Å². The zero-order valence-corrected chi connectivity index (χ0v) is 12.2. The summed E-state index contributed by atoms with van der Waals surface area (Å²) in [6.07, 6.45) is 6.74. The Labute approximate surface area is 115 Å². The average molecular weight is 262 g/mol. The maximum atomic E-state index is 5.55. The molecule has 1 aliphatic carbocycles. The predicted molar refractivity (Wildman–Crippen MR) is 77.3 cm³/mol. The van der Waals surface area contributed by atoms with E-state index >= 15 is 0 Å². The molecule has 19 heavy (non-hydrogen) atoms. The summed E-state index contributed by atoms with van der Waals surface area (Å²) in [7, 11) is 4.98. The van der Waals surface area contributed by atoms with E-state index in [1.54, 1.807) is 21.3 Å². The first kappa shape index (κ1) is 13.8. The third-order valence-corrected chi connectivity index (χ3v) is 3.59. The minimum Gasteiger partial charge on any atom is -0.493 e. The van der Waals surface area contributed by atoms with Gasteiger partial charge in [0.15, 0.2) is 11.5 Å². The van der Waals surface area contributed by atoms with E-state index < -0.39 is 0 Å². The van der Waals surface area contributed by atoms with Gasteiger partial charge in [-0.2, -0.15) is 0 Å². The molecule has 2 rings (SSSR count). The molecule has 0 fully saturated rings. The Balaban J connectivity index is 2.56. The van der Waals surface area contributed by atoms with Gasteiger partial charge in [-0.1, -0.05) is 25.0 Å². The van der Waals surface area contributed by atoms with Crippen molar-refractivity contribution < 1.29 is 14.2 Å². The Morgan fingerprint density at radius 3 is 2.32 bits per heavy atom. The molecule has 1 aromatic rings. The van der Waals surface area contributed by atoms with Gasteiger partial charge in [-0.15, -0.1) is 0 Å². The summed E-state index contributed by atoms with van der Waals surface area (Å²) in [6.45, 7) is 2.21. The monoisotopic (exact) mass is 262 g/mol. The zero-order valence-electron chi connectivity index (χ0n) is 12.2. The lowest BCUT2D eigenvalue weighted by atomic mass is 9.89. The van der Waals surface area contributed by atoms with Gasteiger partial charge < -0.3 is 14.2 Å². The van der Waals surface area contributed by atoms with Crippen molar-refractivity contribution in [2.24, 2.45) is 0 Å². The van der Waals surface area contributed by atoms with Crippen LogP contribution in [0, 0.1) is 0 Å². The largest absolute Gasteiger partial charge is 0.493 e. The highest BCUT2D eigenvalue weighted by molar-refractivity contribution is 5.72. The Morgan fingerprint density at radius 1 is 1.00 bits per heavy atom. The molecule has 0 unspecified atom stereocenters. The zero-order chi connectivity index (χ0) is 13.8. The second-order valence-electron chi connectivity index (χ2n) is 4.77. The fraction of sp³-hybridized carbons (Fsp3) is 0.500. The van der Waals surface area contributed by atoms with Crippen molar-refractivity contribution in [3.8, 4) is 17.2 Å². The molecule has 0 saturated carbocycles. The quantitative estimate of drug-likeness (QED) is 0.807. The van der Waals surface area contributed by atoms with Crippen LogP contribution in [0.15, 0.2) is 11.6 Å². The molecule has 0 saturated heterocycles. The van der Waals surface area contributed by atoms with Gasteiger partial charge in [-0.25, -0.2) is 0 Å². The van der Waals surface area contributed by atoms with Crippen LogP contribution in [0.25, 0.3) is 6.08 Å². The summed E-state index contributed by atoms with van der Waals surface area (Å²) >= 11 is 0. The number of methoxy groups -OCH3 is 3. The summed E-state index contributed by atoms with van der Waals surface area (Å²) in [5.74, 6) is 2.20. The van der Waals surface area contributed by atoms with Crippen LogP contribution in [0.1, 0.15) is 37.3 Å². The SMILES string of the molecule is CCCC1=Cc2c(cc(OC)c(OC)c2OC)CC1. The maximum absolute atomic E-state index is 5.55. The number of allylic oxidation sites excluding steroid dienone is 1. The summed E-state index contributed by atoms with van der Waals surface area (Å²) in [5, 5.41) is 0. The number of hydrogen-bond acceptors (Lipinski definition) is 3. The van der Waals surface area contributed by atoms with Gasteiger partial charge >= 0.3 is 0 Å². The van der Waals surface area contributed by atoms with E-state index in [0.717, 1.165) is 36.3 Å². The summed E-state index contributed by atoms with van der Waals surface area (Å²) in [5.41, 5.74) is 3.91. The molecular formula is C16H22O3. The van der Waals surface area contributed by atoms with Crippen LogP contribution in [0.4, 0.5) is 0 Å². The van der Waals surface area contributed by atoms with Gasteiger partial charge in [0.2, 0.25) is 5.75 Å². The van der Waals surface area contributed by atoms with Gasteiger partial charge in [0.25, 0.3) is 0 Å². The van der Waals surface area contributed by atoms with Gasteiger partial charge in [0, 0.05) is 5.56 Å². The highest BCUT2D eigenvalue weighted by Crippen LogP contribution is 2.45. The number of fused-ring (bicyclic) bond motifs is 1. The van der Waals surface area contributed by atoms with Crippen LogP contribution < -0.4 is 14.2 Å². The Kier molecular flexibility index (Phi) is 4.35. The summed E-state index contributed by atoms with van der Waals surface area (Å²) < 4.78 is 16.4. The molecule has 0 spiro atoms. The molecule has 0 aromatic heterocycles. The molecule has 104 valence electrons. The standard InChI is InChI=1S/C16H22O3/c1-5-6-11-7-8-12-10-14(17-2)16(19-4)15(18-3)13(12)9-11/h9-10H,5-8H2,1-4H3. The minimum atomic E-state index is 0.678. The van der Waals surface area contributed by atoms with Gasteiger partial charge in [0.1, 0.15) is 0 Å². The van der Waals surface area contributed by atoms with Crippen molar-refractivity contribution in [1.82, 2.24) is 0 Å². The lowest BCUT2D eigenvalue weighted by Gasteiger charge is -2.22. The van der Waals surface area contributed by atoms with Crippen LogP contribution in [-0.4, -0.2) is 21.3 Å². The van der Waals surface area contributed by atoms with Crippen molar-refractivity contribution in [2.75, 3.05) is 21.3 Å². The summed E-state index contributed by atoms with van der Waals surface area (Å²) in [6, 6.07) is 2.07. The molecule has 0 radical (unpaired) electrons. The molecule has 0 N–H and O–H groups in total. The molecule has 1 aliphatic rings. The Hall–Kier alpha value is -1.64. The first-order valence-electron chi connectivity index (χ1n) is 6.76. The van der Waals surface area contributed by atoms with E-state index in [9.17, 15) is 0 Å². The van der Waals surface area contributed by atoms with E-state index in [0.29, 0.717) is 5.75 Å². The average Bonchev–Trinajstić information content (AvgIpc) is 2.45. The predicted octanol–water partition coefficient (Wildman–Crippen LogP) is 3.84. The Bertz CT molecular complexity index is 489. The normalized spacial score (nSPS) is 13.6. The first-order chi connectivity index (χ1) is 9.24. The second-order valence-corrected chi connectivity index (χ2v) is 4.77. The number of hydrogen-bond donors (Lipinski definition) is 0. The molecule has 3 heteroatoms. The molecular weight excluding hydrogens is 240 g/mol. The van der Waals surface area contributed by atoms with Crippen molar-refractivity contribution in [3.05, 3.63) is 22.8 Å². The number of benzene rings is 1. The van der Waals surface area contributed by atoms with Gasteiger partial charge in [-0.3, -0.25) is 0 Å². The lowest BCUT2D eigenvalue weighted by molar-refractivity contribution is 0.323. The van der Waals surface area contributed by atoms with Crippen molar-refractivity contribution in [3.63, 3.8) is 0 Å². The minimum absolute atomic E-state index is 0.678. The topological polar surface area (TPSA) is 27.7 Å². The van der Waals surface area contributed by atoms with E-state index in [2.05, 4.69) is 19.1 Å². The molecule has 1 aromatic carbocycles. The van der Waals surface area contributed by atoms with Gasteiger partial charge in [-0.05, 0) is 30.9 Å². The van der Waals surface area contributed by atoms with Crippen molar-refractivity contribution in [2.45, 2.75) is 32.6 Å². The van der Waals surface area contributed by atoms with E-state index in [1.807, 2.05) is 0 Å². The molecule has 0 aliphatic heterocycles. The third kappa shape index (κ3) is 2.55. The van der Waals surface area contributed by atoms with Crippen molar-refractivity contribution in [1.29, 1.82) is 0 Å². The Morgan fingerprint density at radius 2 is 1.74 bits per heavy atom. The fourth-order valence-corrected chi connectivity index (χ4v) is 2.68. The third-order valence-electron chi connectivity index (χ3n) is 3.59. The first-order valence-corrected chi connectivity index (χ1v) is 6.76. The summed E-state index contributed by atoms with van der Waals surface area (Å²) in [4.78, 5) is 0. The highest BCUT2D eigenvalue weighted by atomic mass is 16.5. The number of rotatable bonds is 5. The molecule has 0 atom stereocenters. The van der Waals surface area contributed by atoms with Crippen LogP contribution >= 0.6 is 0 Å². The van der Waals surface area contributed by atoms with Crippen LogP contribution in [0.5, 0.6) is 17.2 Å². The molecule has 0 amide bonds. The van der Waals surface area contributed by atoms with Crippen LogP contribution in [-0.2, 0) is 6.42 Å². The fourth-order valence-electron chi connectivity index (χ4n) is 2.68. The van der Waals surface area contributed by atoms with Crippen molar-refractivity contribution >= 4 is 6.08 Å². The molecule has 3 nitrogen and oxygen atoms in total. The van der Waals surface area contributed by atoms with Crippen LogP contribution in [0.2, 0.25) is 0 Å². The van der Waals surface area contributed by atoms with Gasteiger partial charge in [0.05, 0.1) is 21.3 Å². The number of ether oxygens (including phenoxy) is 3. The molecule has 0 heterocycles.